The molecule has 7 heteroatoms. The fraction of sp³-hybridized carbons (Fsp3) is 0.387. The van der Waals surface area contributed by atoms with Crippen LogP contribution in [0.5, 0.6) is 0 Å². The fourth-order valence-electron chi connectivity index (χ4n) is 6.83. The molecule has 0 spiro atoms. The molecule has 1 aromatic heterocycles. The number of nitrogens with two attached hydrogens (primary N) is 1. The average molecular weight is 515 g/mol. The van der Waals surface area contributed by atoms with Crippen LogP contribution in [0.3, 0.4) is 0 Å². The lowest BCUT2D eigenvalue weighted by atomic mass is 9.61. The van der Waals surface area contributed by atoms with Gasteiger partial charge < -0.3 is 11.1 Å². The standard InChI is InChI=1S/C31H32F2N4O/c1-18-11-20-3-2-10-31(15-18,16-20)17-27-30(37-28(38)13-19-4-8-24(32)25(33)12-19)36-26-9-5-21-14-22(34)6-7-23(21)29(26)35-27/h3-4,6-8,12,14,18H,2,5,9-11,13,15-17,34H2,1H3,(H,36,37,38). The molecule has 3 N–H and O–H groups in total. The third-order valence-corrected chi connectivity index (χ3v) is 8.31. The molecule has 0 radical (unpaired) electrons. The number of hydrogen-bond donors (Lipinski definition) is 2. The number of anilines is 2. The topological polar surface area (TPSA) is 80.9 Å². The molecule has 0 aliphatic heterocycles. The first-order valence-electron chi connectivity index (χ1n) is 13.5. The van der Waals surface area contributed by atoms with Crippen molar-refractivity contribution in [1.29, 1.82) is 0 Å². The van der Waals surface area contributed by atoms with Crippen LogP contribution in [0.2, 0.25) is 0 Å². The minimum absolute atomic E-state index is 0.0768. The highest BCUT2D eigenvalue weighted by Crippen LogP contribution is 2.51. The minimum atomic E-state index is -0.962. The molecule has 196 valence electrons. The summed E-state index contributed by atoms with van der Waals surface area (Å²) in [5.41, 5.74) is 13.6. The summed E-state index contributed by atoms with van der Waals surface area (Å²) < 4.78 is 27.1. The number of amides is 1. The van der Waals surface area contributed by atoms with Crippen LogP contribution in [-0.4, -0.2) is 15.9 Å². The van der Waals surface area contributed by atoms with Crippen molar-refractivity contribution in [3.05, 3.63) is 82.2 Å². The third-order valence-electron chi connectivity index (χ3n) is 8.31. The molecule has 3 aromatic rings. The molecular weight excluding hydrogens is 482 g/mol. The lowest BCUT2D eigenvalue weighted by Gasteiger charge is -2.44. The molecule has 2 bridgehead atoms. The van der Waals surface area contributed by atoms with Gasteiger partial charge in [-0.15, -0.1) is 0 Å². The molecule has 1 fully saturated rings. The Kier molecular flexibility index (Phi) is 6.25. The zero-order valence-electron chi connectivity index (χ0n) is 21.6. The minimum Gasteiger partial charge on any atom is -0.399 e. The molecule has 2 atom stereocenters. The maximum absolute atomic E-state index is 13.7. The number of nitrogens with zero attached hydrogens (tertiary/aromatic N) is 2. The lowest BCUT2D eigenvalue weighted by molar-refractivity contribution is -0.115. The number of nitrogens with one attached hydrogen (secondary N) is 1. The molecule has 1 amide bonds. The number of carbonyl (C=O) groups excluding carboxylic acids is 1. The summed E-state index contributed by atoms with van der Waals surface area (Å²) in [5, 5.41) is 2.98. The van der Waals surface area contributed by atoms with Gasteiger partial charge in [0.2, 0.25) is 5.91 Å². The first kappa shape index (κ1) is 24.7. The number of fused-ring (bicyclic) bond motifs is 5. The van der Waals surface area contributed by atoms with Crippen molar-refractivity contribution in [2.45, 2.75) is 64.7 Å². The van der Waals surface area contributed by atoms with Gasteiger partial charge in [-0.25, -0.2) is 18.7 Å². The quantitative estimate of drug-likeness (QED) is 0.307. The van der Waals surface area contributed by atoms with E-state index < -0.39 is 11.6 Å². The van der Waals surface area contributed by atoms with Gasteiger partial charge in [-0.05, 0) is 98.1 Å². The maximum Gasteiger partial charge on any atom is 0.229 e. The maximum atomic E-state index is 13.7. The first-order chi connectivity index (χ1) is 18.3. The van der Waals surface area contributed by atoms with Gasteiger partial charge in [-0.2, -0.15) is 0 Å². The smallest absolute Gasteiger partial charge is 0.229 e. The zero-order chi connectivity index (χ0) is 26.4. The second-order valence-corrected chi connectivity index (χ2v) is 11.5. The first-order valence-corrected chi connectivity index (χ1v) is 13.5. The Morgan fingerprint density at radius 1 is 1.13 bits per heavy atom. The molecular formula is C31H32F2N4O. The molecule has 1 saturated carbocycles. The summed E-state index contributed by atoms with van der Waals surface area (Å²) in [6.45, 7) is 2.32. The van der Waals surface area contributed by atoms with Crippen LogP contribution in [0.4, 0.5) is 20.3 Å². The Morgan fingerprint density at radius 2 is 2.00 bits per heavy atom. The summed E-state index contributed by atoms with van der Waals surface area (Å²) >= 11 is 0. The number of aryl methyl sites for hydroxylation is 2. The van der Waals surface area contributed by atoms with Gasteiger partial charge in [0.05, 0.1) is 23.5 Å². The number of aromatic nitrogens is 2. The van der Waals surface area contributed by atoms with Crippen molar-refractivity contribution < 1.29 is 13.6 Å². The number of halogens is 2. The van der Waals surface area contributed by atoms with E-state index in [1.807, 2.05) is 18.2 Å². The Morgan fingerprint density at radius 3 is 2.84 bits per heavy atom. The van der Waals surface area contributed by atoms with E-state index in [-0.39, 0.29) is 17.7 Å². The van der Waals surface area contributed by atoms with Crippen LogP contribution in [0, 0.1) is 23.0 Å². The molecule has 2 unspecified atom stereocenters. The summed E-state index contributed by atoms with van der Waals surface area (Å²) in [4.78, 5) is 23.2. The van der Waals surface area contributed by atoms with Crippen LogP contribution >= 0.6 is 0 Å². The molecule has 3 aliphatic carbocycles. The van der Waals surface area contributed by atoms with Crippen LogP contribution in [-0.2, 0) is 30.5 Å². The highest BCUT2D eigenvalue weighted by atomic mass is 19.2. The SMILES string of the molecule is CC1CC2=CCCC(Cc3nc4c(nc3NC(=O)Cc3ccc(F)c(F)c3)CCc3cc(N)ccc3-4)(C2)C1. The molecule has 38 heavy (non-hydrogen) atoms. The van der Waals surface area contributed by atoms with E-state index in [1.165, 1.54) is 17.2 Å². The highest BCUT2D eigenvalue weighted by molar-refractivity contribution is 5.92. The number of benzene rings is 2. The van der Waals surface area contributed by atoms with Crippen molar-refractivity contribution in [3.63, 3.8) is 0 Å². The Balaban J connectivity index is 1.36. The largest absolute Gasteiger partial charge is 0.399 e. The Labute approximate surface area is 221 Å². The Bertz CT molecular complexity index is 1470. The molecule has 0 saturated heterocycles. The highest BCUT2D eigenvalue weighted by Gasteiger charge is 2.40. The number of hydrogen-bond acceptors (Lipinski definition) is 4. The van der Waals surface area contributed by atoms with Crippen LogP contribution in [0.15, 0.2) is 48.0 Å². The lowest BCUT2D eigenvalue weighted by Crippen LogP contribution is -2.34. The average Bonchev–Trinajstić information content (AvgIpc) is 2.86. The number of nitrogen functional groups attached to an aromatic ring is 1. The molecule has 5 nitrogen and oxygen atoms in total. The second kappa shape index (κ2) is 9.61. The van der Waals surface area contributed by atoms with Crippen LogP contribution < -0.4 is 11.1 Å². The zero-order valence-corrected chi connectivity index (χ0v) is 21.6. The number of allylic oxidation sites excluding steroid dienone is 2. The van der Waals surface area contributed by atoms with Crippen molar-refractivity contribution in [2.24, 2.45) is 11.3 Å². The van der Waals surface area contributed by atoms with E-state index >= 15 is 0 Å². The number of rotatable bonds is 5. The summed E-state index contributed by atoms with van der Waals surface area (Å²) in [6, 6.07) is 9.46. The Hall–Kier alpha value is -3.61. The summed E-state index contributed by atoms with van der Waals surface area (Å²) in [6.07, 6.45) is 10.1. The van der Waals surface area contributed by atoms with Gasteiger partial charge in [-0.3, -0.25) is 4.79 Å². The summed E-state index contributed by atoms with van der Waals surface area (Å²) in [5.74, 6) is -1.12. The molecule has 6 rings (SSSR count). The van der Waals surface area contributed by atoms with E-state index in [4.69, 9.17) is 15.7 Å². The predicted octanol–water partition coefficient (Wildman–Crippen LogP) is 6.35. The van der Waals surface area contributed by atoms with E-state index in [9.17, 15) is 13.6 Å². The van der Waals surface area contributed by atoms with Gasteiger partial charge >= 0.3 is 0 Å². The van der Waals surface area contributed by atoms with Gasteiger partial charge in [0.1, 0.15) is 0 Å². The molecule has 3 aliphatic rings. The van der Waals surface area contributed by atoms with E-state index in [0.29, 0.717) is 23.7 Å². The third kappa shape index (κ3) is 4.82. The van der Waals surface area contributed by atoms with Gasteiger partial charge in [0.25, 0.3) is 0 Å². The van der Waals surface area contributed by atoms with Crippen molar-refractivity contribution >= 4 is 17.4 Å². The van der Waals surface area contributed by atoms with Crippen molar-refractivity contribution in [1.82, 2.24) is 9.97 Å². The van der Waals surface area contributed by atoms with Crippen molar-refractivity contribution in [3.8, 4) is 11.3 Å². The monoisotopic (exact) mass is 514 g/mol. The van der Waals surface area contributed by atoms with Gasteiger partial charge in [0, 0.05) is 11.3 Å². The molecule has 2 aromatic carbocycles. The van der Waals surface area contributed by atoms with E-state index in [0.717, 1.165) is 85.4 Å². The predicted molar refractivity (Wildman–Crippen MR) is 144 cm³/mol. The van der Waals surface area contributed by atoms with E-state index in [1.54, 1.807) is 0 Å². The van der Waals surface area contributed by atoms with Crippen LogP contribution in [0.1, 0.15) is 61.5 Å². The van der Waals surface area contributed by atoms with E-state index in [2.05, 4.69) is 18.3 Å². The molecule has 1 heterocycles. The van der Waals surface area contributed by atoms with Crippen LogP contribution in [0.25, 0.3) is 11.3 Å². The second-order valence-electron chi connectivity index (χ2n) is 11.5. The normalized spacial score (nSPS) is 21.8. The van der Waals surface area contributed by atoms with Gasteiger partial charge in [0.15, 0.2) is 17.5 Å². The number of carbonyl (C=O) groups is 1. The fourth-order valence-corrected chi connectivity index (χ4v) is 6.83. The summed E-state index contributed by atoms with van der Waals surface area (Å²) in [7, 11) is 0. The van der Waals surface area contributed by atoms with Crippen molar-refractivity contribution in [2.75, 3.05) is 11.1 Å². The van der Waals surface area contributed by atoms with Gasteiger partial charge in [-0.1, -0.05) is 30.7 Å².